The summed E-state index contributed by atoms with van der Waals surface area (Å²) in [6, 6.07) is 12.7. The van der Waals surface area contributed by atoms with Crippen molar-refractivity contribution in [2.75, 3.05) is 55.6 Å². The number of hydrazine groups is 1. The Hall–Kier alpha value is -3.19. The molecule has 1 aromatic heterocycles. The van der Waals surface area contributed by atoms with E-state index in [1.807, 2.05) is 42.4 Å². The fourth-order valence-electron chi connectivity index (χ4n) is 3.65. The van der Waals surface area contributed by atoms with Crippen molar-refractivity contribution in [2.24, 2.45) is 0 Å². The maximum atomic E-state index is 14.6. The zero-order valence-corrected chi connectivity index (χ0v) is 16.6. The van der Waals surface area contributed by atoms with Crippen LogP contribution in [0, 0.1) is 5.82 Å². The molecule has 29 heavy (non-hydrogen) atoms. The lowest BCUT2D eigenvalue weighted by Gasteiger charge is -2.34. The molecule has 1 saturated heterocycles. The normalized spacial score (nSPS) is 14.8. The molecular weight excluding hydrogens is 369 g/mol. The Morgan fingerprint density at radius 1 is 1.14 bits per heavy atom. The standard InChI is InChI=1S/C22H24FN5O/c1-26-8-10-28(11-9-26)20-13-17(23)12-19-21(16(15-29)14-24-22(19)20)25-27(2)18-6-4-3-5-7-18/h3-7,12-15H,8-11H2,1-2H3,(H,24,25). The van der Waals surface area contributed by atoms with Crippen molar-refractivity contribution >= 4 is 34.3 Å². The maximum Gasteiger partial charge on any atom is 0.153 e. The van der Waals surface area contributed by atoms with Crippen LogP contribution in [0.15, 0.2) is 48.7 Å². The Morgan fingerprint density at radius 3 is 2.55 bits per heavy atom. The van der Waals surface area contributed by atoms with Crippen LogP contribution in [0.4, 0.5) is 21.5 Å². The third-order valence-corrected chi connectivity index (χ3v) is 5.34. The van der Waals surface area contributed by atoms with E-state index in [1.54, 1.807) is 6.20 Å². The van der Waals surface area contributed by atoms with Crippen LogP contribution in [0.25, 0.3) is 10.9 Å². The first-order chi connectivity index (χ1) is 14.1. The predicted molar refractivity (Wildman–Crippen MR) is 115 cm³/mol. The van der Waals surface area contributed by atoms with Crippen molar-refractivity contribution in [1.82, 2.24) is 9.88 Å². The number of piperazine rings is 1. The Bertz CT molecular complexity index is 1020. The van der Waals surface area contributed by atoms with Crippen molar-refractivity contribution in [2.45, 2.75) is 0 Å². The number of benzene rings is 2. The number of halogens is 1. The highest BCUT2D eigenvalue weighted by Crippen LogP contribution is 2.34. The van der Waals surface area contributed by atoms with Gasteiger partial charge in [-0.1, -0.05) is 18.2 Å². The molecule has 6 nitrogen and oxygen atoms in total. The first kappa shape index (κ1) is 19.1. The molecule has 0 atom stereocenters. The number of likely N-dealkylation sites (N-methyl/N-ethyl adjacent to an activating group) is 1. The van der Waals surface area contributed by atoms with Crippen LogP contribution in [0.3, 0.4) is 0 Å². The van der Waals surface area contributed by atoms with Gasteiger partial charge < -0.3 is 9.80 Å². The van der Waals surface area contributed by atoms with E-state index >= 15 is 0 Å². The molecule has 0 saturated carbocycles. The molecule has 2 aromatic carbocycles. The van der Waals surface area contributed by atoms with Gasteiger partial charge in [0.2, 0.25) is 0 Å². The molecule has 0 aliphatic carbocycles. The smallest absolute Gasteiger partial charge is 0.153 e. The van der Waals surface area contributed by atoms with Gasteiger partial charge in [-0.25, -0.2) is 4.39 Å². The van der Waals surface area contributed by atoms with E-state index < -0.39 is 0 Å². The molecule has 0 unspecified atom stereocenters. The number of aldehydes is 1. The van der Waals surface area contributed by atoms with Crippen LogP contribution >= 0.6 is 0 Å². The van der Waals surface area contributed by atoms with E-state index in [-0.39, 0.29) is 5.82 Å². The van der Waals surface area contributed by atoms with Gasteiger partial charge >= 0.3 is 0 Å². The molecule has 1 fully saturated rings. The van der Waals surface area contributed by atoms with Crippen LogP contribution in [0.1, 0.15) is 10.4 Å². The second-order valence-corrected chi connectivity index (χ2v) is 7.32. The summed E-state index contributed by atoms with van der Waals surface area (Å²) >= 11 is 0. The molecule has 1 N–H and O–H groups in total. The van der Waals surface area contributed by atoms with E-state index in [0.717, 1.165) is 43.8 Å². The Balaban J connectivity index is 1.79. The highest BCUT2D eigenvalue weighted by atomic mass is 19.1. The molecule has 0 bridgehead atoms. The molecule has 0 radical (unpaired) electrons. The average molecular weight is 393 g/mol. The van der Waals surface area contributed by atoms with Gasteiger partial charge in [-0.3, -0.25) is 20.2 Å². The highest BCUT2D eigenvalue weighted by Gasteiger charge is 2.21. The van der Waals surface area contributed by atoms with Crippen LogP contribution < -0.4 is 15.3 Å². The van der Waals surface area contributed by atoms with E-state index in [4.69, 9.17) is 0 Å². The second kappa shape index (κ2) is 8.05. The number of aromatic nitrogens is 1. The number of nitrogens with one attached hydrogen (secondary N) is 1. The van der Waals surface area contributed by atoms with Crippen molar-refractivity contribution in [3.8, 4) is 0 Å². The Labute approximate surface area is 169 Å². The quantitative estimate of drug-likeness (QED) is 0.530. The number of fused-ring (bicyclic) bond motifs is 1. The van der Waals surface area contributed by atoms with Crippen molar-refractivity contribution < 1.29 is 9.18 Å². The van der Waals surface area contributed by atoms with Gasteiger partial charge in [-0.05, 0) is 31.3 Å². The van der Waals surface area contributed by atoms with Crippen LogP contribution in [-0.2, 0) is 0 Å². The van der Waals surface area contributed by atoms with Crippen molar-refractivity contribution in [1.29, 1.82) is 0 Å². The number of carbonyl (C=O) groups is 1. The first-order valence-corrected chi connectivity index (χ1v) is 9.63. The van der Waals surface area contributed by atoms with Crippen LogP contribution in [-0.4, -0.2) is 56.4 Å². The Kier molecular flexibility index (Phi) is 5.31. The van der Waals surface area contributed by atoms with E-state index in [0.29, 0.717) is 22.2 Å². The fraction of sp³-hybridized carbons (Fsp3) is 0.273. The molecule has 2 heterocycles. The van der Waals surface area contributed by atoms with Gasteiger partial charge in [0.15, 0.2) is 6.29 Å². The second-order valence-electron chi connectivity index (χ2n) is 7.32. The van der Waals surface area contributed by atoms with E-state index in [9.17, 15) is 9.18 Å². The first-order valence-electron chi connectivity index (χ1n) is 9.63. The zero-order valence-electron chi connectivity index (χ0n) is 16.6. The van der Waals surface area contributed by atoms with Gasteiger partial charge in [0.25, 0.3) is 0 Å². The number of rotatable bonds is 5. The summed E-state index contributed by atoms with van der Waals surface area (Å²) in [5.41, 5.74) is 6.55. The van der Waals surface area contributed by atoms with Crippen molar-refractivity contribution in [3.05, 3.63) is 60.0 Å². The molecule has 1 aliphatic heterocycles. The summed E-state index contributed by atoms with van der Waals surface area (Å²) in [5, 5.41) is 2.40. The number of carbonyl (C=O) groups excluding carboxylic acids is 1. The number of hydrogen-bond acceptors (Lipinski definition) is 6. The lowest BCUT2D eigenvalue weighted by atomic mass is 10.1. The average Bonchev–Trinajstić information content (AvgIpc) is 2.74. The Morgan fingerprint density at radius 2 is 1.86 bits per heavy atom. The van der Waals surface area contributed by atoms with Gasteiger partial charge in [-0.2, -0.15) is 0 Å². The summed E-state index contributed by atoms with van der Waals surface area (Å²) in [4.78, 5) is 20.6. The van der Waals surface area contributed by atoms with Crippen LogP contribution in [0.2, 0.25) is 0 Å². The third kappa shape index (κ3) is 3.86. The number of nitrogens with zero attached hydrogens (tertiary/aromatic N) is 4. The zero-order chi connectivity index (χ0) is 20.4. The highest BCUT2D eigenvalue weighted by molar-refractivity contribution is 6.04. The van der Waals surface area contributed by atoms with Crippen molar-refractivity contribution in [3.63, 3.8) is 0 Å². The molecule has 150 valence electrons. The molecule has 0 amide bonds. The molecule has 0 spiro atoms. The fourth-order valence-corrected chi connectivity index (χ4v) is 3.65. The minimum Gasteiger partial charge on any atom is -0.367 e. The largest absolute Gasteiger partial charge is 0.367 e. The maximum absolute atomic E-state index is 14.6. The van der Waals surface area contributed by atoms with Gasteiger partial charge in [0, 0.05) is 44.8 Å². The van der Waals surface area contributed by atoms with E-state index in [1.165, 1.54) is 12.1 Å². The summed E-state index contributed by atoms with van der Waals surface area (Å²) in [6.45, 7) is 3.43. The molecule has 7 heteroatoms. The SMILES string of the molecule is CN1CCN(c2cc(F)cc3c(NN(C)c4ccccc4)c(C=O)cnc23)CC1. The summed E-state index contributed by atoms with van der Waals surface area (Å²) in [6.07, 6.45) is 2.29. The third-order valence-electron chi connectivity index (χ3n) is 5.34. The summed E-state index contributed by atoms with van der Waals surface area (Å²) in [5.74, 6) is -0.346. The van der Waals surface area contributed by atoms with Gasteiger partial charge in [0.1, 0.15) is 5.82 Å². The lowest BCUT2D eigenvalue weighted by molar-refractivity contribution is 0.112. The van der Waals surface area contributed by atoms with Crippen LogP contribution in [0.5, 0.6) is 0 Å². The van der Waals surface area contributed by atoms with Gasteiger partial charge in [0.05, 0.1) is 28.1 Å². The molecule has 3 aromatic rings. The topological polar surface area (TPSA) is 51.7 Å². The lowest BCUT2D eigenvalue weighted by Crippen LogP contribution is -2.44. The number of hydrogen-bond donors (Lipinski definition) is 1. The summed E-state index contributed by atoms with van der Waals surface area (Å²) in [7, 11) is 3.94. The number of pyridine rings is 1. The minimum absolute atomic E-state index is 0.346. The predicted octanol–water partition coefficient (Wildman–Crippen LogP) is 3.40. The minimum atomic E-state index is -0.346. The molecular formula is C22H24FN5O. The summed E-state index contributed by atoms with van der Waals surface area (Å²) < 4.78 is 14.6. The molecule has 4 rings (SSSR count). The monoisotopic (exact) mass is 393 g/mol. The van der Waals surface area contributed by atoms with Gasteiger partial charge in [-0.15, -0.1) is 0 Å². The van der Waals surface area contributed by atoms with E-state index in [2.05, 4.69) is 27.3 Å². The number of anilines is 3. The molecule has 1 aliphatic rings. The number of para-hydroxylation sites is 1.